The van der Waals surface area contributed by atoms with E-state index in [2.05, 4.69) is 9.97 Å². The number of hydrogen-bond acceptors (Lipinski definition) is 4. The molecule has 144 valence electrons. The third kappa shape index (κ3) is 4.56. The molecule has 1 fully saturated rings. The van der Waals surface area contributed by atoms with Gasteiger partial charge in [-0.25, -0.2) is 4.98 Å². The summed E-state index contributed by atoms with van der Waals surface area (Å²) in [4.78, 5) is 24.0. The largest absolute Gasteiger partial charge is 0.419 e. The van der Waals surface area contributed by atoms with E-state index in [9.17, 15) is 18.0 Å². The average molecular weight is 378 g/mol. The van der Waals surface area contributed by atoms with Crippen molar-refractivity contribution in [3.05, 3.63) is 54.0 Å². The van der Waals surface area contributed by atoms with Crippen molar-refractivity contribution in [2.24, 2.45) is 5.92 Å². The van der Waals surface area contributed by atoms with E-state index in [0.29, 0.717) is 25.9 Å². The zero-order chi connectivity index (χ0) is 19.4. The van der Waals surface area contributed by atoms with E-state index in [0.717, 1.165) is 11.6 Å². The zero-order valence-electron chi connectivity index (χ0n) is 15.0. The topological polar surface area (TPSA) is 49.3 Å². The molecule has 0 saturated carbocycles. The smallest absolute Gasteiger partial charge is 0.355 e. The molecule has 1 saturated heterocycles. The minimum atomic E-state index is -4.47. The van der Waals surface area contributed by atoms with E-state index >= 15 is 0 Å². The Balaban J connectivity index is 1.72. The van der Waals surface area contributed by atoms with Crippen molar-refractivity contribution in [1.29, 1.82) is 0 Å². The van der Waals surface area contributed by atoms with Crippen LogP contribution in [0.4, 0.5) is 19.0 Å². The Morgan fingerprint density at radius 1 is 1.30 bits per heavy atom. The number of anilines is 1. The summed E-state index contributed by atoms with van der Waals surface area (Å²) in [6, 6.07) is 5.99. The fraction of sp³-hybridized carbons (Fsp3) is 0.421. The molecule has 27 heavy (non-hydrogen) atoms. The lowest BCUT2D eigenvalue weighted by atomic mass is 9.96. The molecule has 0 radical (unpaired) electrons. The van der Waals surface area contributed by atoms with Gasteiger partial charge >= 0.3 is 6.18 Å². The third-order valence-corrected chi connectivity index (χ3v) is 4.68. The number of hydrogen-bond donors (Lipinski definition) is 0. The van der Waals surface area contributed by atoms with Crippen LogP contribution < -0.4 is 4.90 Å². The molecule has 1 atom stereocenters. The molecule has 8 heteroatoms. The van der Waals surface area contributed by atoms with E-state index < -0.39 is 11.7 Å². The van der Waals surface area contributed by atoms with Crippen LogP contribution in [0.2, 0.25) is 0 Å². The van der Waals surface area contributed by atoms with Gasteiger partial charge in [-0.2, -0.15) is 13.2 Å². The fourth-order valence-electron chi connectivity index (χ4n) is 3.40. The third-order valence-electron chi connectivity index (χ3n) is 4.68. The summed E-state index contributed by atoms with van der Waals surface area (Å²) in [7, 11) is 1.70. The first kappa shape index (κ1) is 19.1. The molecule has 0 bridgehead atoms. The van der Waals surface area contributed by atoms with Crippen molar-refractivity contribution in [3.8, 4) is 0 Å². The summed E-state index contributed by atoms with van der Waals surface area (Å²) in [5, 5.41) is 0. The van der Waals surface area contributed by atoms with Crippen molar-refractivity contribution >= 4 is 11.7 Å². The molecule has 2 aromatic heterocycles. The molecule has 5 nitrogen and oxygen atoms in total. The molecule has 2 aromatic rings. The number of amides is 1. The van der Waals surface area contributed by atoms with E-state index in [4.69, 9.17) is 0 Å². The maximum absolute atomic E-state index is 13.3. The number of pyridine rings is 2. The number of alkyl halides is 3. The quantitative estimate of drug-likeness (QED) is 0.819. The molecule has 3 heterocycles. The van der Waals surface area contributed by atoms with E-state index in [1.807, 2.05) is 6.07 Å². The Morgan fingerprint density at radius 3 is 2.78 bits per heavy atom. The van der Waals surface area contributed by atoms with Gasteiger partial charge in [0, 0.05) is 45.3 Å². The highest BCUT2D eigenvalue weighted by molar-refractivity contribution is 5.79. The molecule has 1 aliphatic rings. The summed E-state index contributed by atoms with van der Waals surface area (Å²) in [5.74, 6) is -0.533. The second-order valence-corrected chi connectivity index (χ2v) is 6.71. The highest BCUT2D eigenvalue weighted by atomic mass is 19.4. The summed E-state index contributed by atoms with van der Waals surface area (Å²) in [5.41, 5.74) is 0.145. The Bertz CT molecular complexity index is 782. The van der Waals surface area contributed by atoms with E-state index in [1.54, 1.807) is 35.3 Å². The van der Waals surface area contributed by atoms with Crippen molar-refractivity contribution < 1.29 is 18.0 Å². The van der Waals surface area contributed by atoms with Gasteiger partial charge in [0.15, 0.2) is 0 Å². The number of nitrogens with zero attached hydrogens (tertiary/aromatic N) is 4. The number of carbonyl (C=O) groups is 1. The molecule has 0 aliphatic carbocycles. The van der Waals surface area contributed by atoms with Crippen molar-refractivity contribution in [2.45, 2.75) is 25.6 Å². The predicted molar refractivity (Wildman–Crippen MR) is 94.9 cm³/mol. The summed E-state index contributed by atoms with van der Waals surface area (Å²) < 4.78 is 39.8. The molecule has 0 spiro atoms. The first-order valence-corrected chi connectivity index (χ1v) is 8.77. The van der Waals surface area contributed by atoms with Gasteiger partial charge in [0.25, 0.3) is 0 Å². The maximum Gasteiger partial charge on any atom is 0.419 e. The van der Waals surface area contributed by atoms with Gasteiger partial charge in [-0.1, -0.05) is 6.07 Å². The first-order valence-electron chi connectivity index (χ1n) is 8.77. The summed E-state index contributed by atoms with van der Waals surface area (Å²) in [6.07, 6.45) is 1.53. The molecule has 0 unspecified atom stereocenters. The van der Waals surface area contributed by atoms with Crippen LogP contribution in [-0.4, -0.2) is 40.9 Å². The Hall–Kier alpha value is -2.64. The minimum Gasteiger partial charge on any atom is -0.355 e. The standard InChI is InChI=1S/C19H21F3N4O/c1-25(12-14-5-2-8-23-11-14)18(27)15-6-4-10-26(13-15)17-16(19(20,21)22)7-3-9-24-17/h2-3,5,7-9,11,15H,4,6,10,12-13H2,1H3/t15-/m0/s1. The molecule has 1 amide bonds. The van der Waals surface area contributed by atoms with Gasteiger partial charge in [-0.15, -0.1) is 0 Å². The van der Waals surface area contributed by atoms with Crippen molar-refractivity contribution in [3.63, 3.8) is 0 Å². The second-order valence-electron chi connectivity index (χ2n) is 6.71. The Morgan fingerprint density at radius 2 is 2.07 bits per heavy atom. The second kappa shape index (κ2) is 7.94. The van der Waals surface area contributed by atoms with E-state index in [-0.39, 0.29) is 24.2 Å². The molecule has 1 aliphatic heterocycles. The number of carbonyl (C=O) groups excluding carboxylic acids is 1. The van der Waals surface area contributed by atoms with Crippen molar-refractivity contribution in [1.82, 2.24) is 14.9 Å². The van der Waals surface area contributed by atoms with Gasteiger partial charge in [0.05, 0.1) is 11.5 Å². The number of halogens is 3. The molecular weight excluding hydrogens is 357 g/mol. The van der Waals surface area contributed by atoms with Crippen LogP contribution >= 0.6 is 0 Å². The molecule has 0 aromatic carbocycles. The van der Waals surface area contributed by atoms with Crippen molar-refractivity contribution in [2.75, 3.05) is 25.0 Å². The van der Waals surface area contributed by atoms with Crippen LogP contribution in [0.5, 0.6) is 0 Å². The first-order chi connectivity index (χ1) is 12.9. The number of aromatic nitrogens is 2. The number of rotatable bonds is 4. The molecular formula is C19H21F3N4O. The van der Waals surface area contributed by atoms with Gasteiger partial charge in [0.1, 0.15) is 5.82 Å². The van der Waals surface area contributed by atoms with Crippen LogP contribution in [0.3, 0.4) is 0 Å². The van der Waals surface area contributed by atoms with Crippen LogP contribution in [0.25, 0.3) is 0 Å². The van der Waals surface area contributed by atoms with Crippen LogP contribution in [0, 0.1) is 5.92 Å². The minimum absolute atomic E-state index is 0.0759. The van der Waals surface area contributed by atoms with Crippen LogP contribution in [0.1, 0.15) is 24.0 Å². The molecule has 0 N–H and O–H groups in total. The Kier molecular flexibility index (Phi) is 5.62. The highest BCUT2D eigenvalue weighted by Gasteiger charge is 2.37. The van der Waals surface area contributed by atoms with Gasteiger partial charge < -0.3 is 9.80 Å². The summed E-state index contributed by atoms with van der Waals surface area (Å²) in [6.45, 7) is 1.10. The van der Waals surface area contributed by atoms with Gasteiger partial charge in [-0.3, -0.25) is 9.78 Å². The normalized spacial score (nSPS) is 17.6. The zero-order valence-corrected chi connectivity index (χ0v) is 15.0. The SMILES string of the molecule is CN(Cc1cccnc1)C(=O)[C@H]1CCCN(c2ncccc2C(F)(F)F)C1. The highest BCUT2D eigenvalue weighted by Crippen LogP contribution is 2.36. The average Bonchev–Trinajstić information content (AvgIpc) is 2.67. The van der Waals surface area contributed by atoms with Gasteiger partial charge in [0.2, 0.25) is 5.91 Å². The monoisotopic (exact) mass is 378 g/mol. The van der Waals surface area contributed by atoms with Crippen LogP contribution in [-0.2, 0) is 17.5 Å². The lowest BCUT2D eigenvalue weighted by Gasteiger charge is -2.35. The lowest BCUT2D eigenvalue weighted by Crippen LogP contribution is -2.44. The molecule has 3 rings (SSSR count). The van der Waals surface area contributed by atoms with Crippen LogP contribution in [0.15, 0.2) is 42.9 Å². The van der Waals surface area contributed by atoms with Gasteiger partial charge in [-0.05, 0) is 36.6 Å². The fourth-order valence-corrected chi connectivity index (χ4v) is 3.40. The maximum atomic E-state index is 13.3. The number of piperidine rings is 1. The predicted octanol–water partition coefficient (Wildman–Crippen LogP) is 3.37. The summed E-state index contributed by atoms with van der Waals surface area (Å²) >= 11 is 0. The van der Waals surface area contributed by atoms with E-state index in [1.165, 1.54) is 12.3 Å². The lowest BCUT2D eigenvalue weighted by molar-refractivity contribution is -0.137. The Labute approximate surface area is 155 Å².